The molecule has 0 amide bonds. The van der Waals surface area contributed by atoms with E-state index in [4.69, 9.17) is 0 Å². The van der Waals surface area contributed by atoms with Crippen LogP contribution in [0, 0.1) is 11.8 Å². The van der Waals surface area contributed by atoms with Crippen molar-refractivity contribution in [3.63, 3.8) is 0 Å². The molecular formula is C14H25N3. The Kier molecular flexibility index (Phi) is 4.21. The van der Waals surface area contributed by atoms with Crippen LogP contribution in [0.3, 0.4) is 0 Å². The molecule has 1 aromatic rings. The summed E-state index contributed by atoms with van der Waals surface area (Å²) in [7, 11) is 0. The van der Waals surface area contributed by atoms with Gasteiger partial charge in [-0.3, -0.25) is 5.10 Å². The molecule has 1 saturated carbocycles. The molecule has 96 valence electrons. The first kappa shape index (κ1) is 12.6. The molecule has 0 spiro atoms. The van der Waals surface area contributed by atoms with Gasteiger partial charge < -0.3 is 5.32 Å². The molecular weight excluding hydrogens is 210 g/mol. The maximum absolute atomic E-state index is 4.03. The van der Waals surface area contributed by atoms with Gasteiger partial charge in [0.15, 0.2) is 0 Å². The van der Waals surface area contributed by atoms with Gasteiger partial charge >= 0.3 is 0 Å². The van der Waals surface area contributed by atoms with Crippen molar-refractivity contribution in [2.24, 2.45) is 11.8 Å². The second kappa shape index (κ2) is 5.67. The van der Waals surface area contributed by atoms with Gasteiger partial charge in [0.2, 0.25) is 0 Å². The van der Waals surface area contributed by atoms with E-state index in [0.29, 0.717) is 12.1 Å². The Labute approximate surface area is 104 Å². The predicted octanol–water partition coefficient (Wildman–Crippen LogP) is 3.28. The molecule has 1 heterocycles. The van der Waals surface area contributed by atoms with Crippen molar-refractivity contribution in [3.8, 4) is 0 Å². The highest BCUT2D eigenvalue weighted by Crippen LogP contribution is 2.31. The molecule has 2 rings (SSSR count). The molecule has 3 nitrogen and oxygen atoms in total. The average Bonchev–Trinajstić information content (AvgIpc) is 2.83. The fourth-order valence-electron chi connectivity index (χ4n) is 3.08. The van der Waals surface area contributed by atoms with E-state index in [1.54, 1.807) is 0 Å². The number of hydrogen-bond acceptors (Lipinski definition) is 2. The topological polar surface area (TPSA) is 40.7 Å². The first-order valence-electron chi connectivity index (χ1n) is 6.93. The minimum absolute atomic E-state index is 0.401. The van der Waals surface area contributed by atoms with Gasteiger partial charge in [-0.1, -0.05) is 26.7 Å². The van der Waals surface area contributed by atoms with Gasteiger partial charge in [-0.05, 0) is 31.6 Å². The Hall–Kier alpha value is -0.830. The van der Waals surface area contributed by atoms with Crippen LogP contribution in [-0.4, -0.2) is 16.2 Å². The summed E-state index contributed by atoms with van der Waals surface area (Å²) in [6.07, 6.45) is 9.40. The summed E-state index contributed by atoms with van der Waals surface area (Å²) < 4.78 is 0. The van der Waals surface area contributed by atoms with Crippen molar-refractivity contribution in [3.05, 3.63) is 18.0 Å². The van der Waals surface area contributed by atoms with Gasteiger partial charge in [0.05, 0.1) is 6.20 Å². The third-order valence-electron chi connectivity index (χ3n) is 4.16. The molecule has 17 heavy (non-hydrogen) atoms. The molecule has 0 aromatic carbocycles. The Balaban J connectivity index is 1.96. The lowest BCUT2D eigenvalue weighted by atomic mass is 9.77. The van der Waals surface area contributed by atoms with Crippen LogP contribution in [-0.2, 0) is 0 Å². The zero-order valence-electron chi connectivity index (χ0n) is 11.2. The maximum atomic E-state index is 4.03. The summed E-state index contributed by atoms with van der Waals surface area (Å²) in [5.41, 5.74) is 1.26. The van der Waals surface area contributed by atoms with E-state index in [9.17, 15) is 0 Å². The summed E-state index contributed by atoms with van der Waals surface area (Å²) in [5, 5.41) is 10.7. The highest BCUT2D eigenvalue weighted by atomic mass is 15.1. The number of aromatic amines is 1. The Morgan fingerprint density at radius 1 is 1.29 bits per heavy atom. The Morgan fingerprint density at radius 2 is 2.06 bits per heavy atom. The highest BCUT2D eigenvalue weighted by molar-refractivity contribution is 5.08. The molecule has 0 bridgehead atoms. The van der Waals surface area contributed by atoms with Crippen molar-refractivity contribution >= 4 is 0 Å². The van der Waals surface area contributed by atoms with E-state index < -0.39 is 0 Å². The van der Waals surface area contributed by atoms with Crippen LogP contribution in [0.4, 0.5) is 0 Å². The van der Waals surface area contributed by atoms with E-state index in [-0.39, 0.29) is 0 Å². The lowest BCUT2D eigenvalue weighted by Gasteiger charge is -2.36. The monoisotopic (exact) mass is 235 g/mol. The van der Waals surface area contributed by atoms with Crippen molar-refractivity contribution in [1.29, 1.82) is 0 Å². The van der Waals surface area contributed by atoms with Crippen molar-refractivity contribution < 1.29 is 0 Å². The number of aromatic nitrogens is 2. The third-order valence-corrected chi connectivity index (χ3v) is 4.16. The molecule has 3 unspecified atom stereocenters. The normalized spacial score (nSPS) is 27.3. The molecule has 2 N–H and O–H groups in total. The number of hydrogen-bond donors (Lipinski definition) is 2. The molecule has 1 aliphatic rings. The lowest BCUT2D eigenvalue weighted by Crippen LogP contribution is -2.41. The minimum atomic E-state index is 0.401. The number of nitrogens with zero attached hydrogens (tertiary/aromatic N) is 1. The first-order chi connectivity index (χ1) is 8.18. The third kappa shape index (κ3) is 3.09. The van der Waals surface area contributed by atoms with Crippen LogP contribution in [0.5, 0.6) is 0 Å². The smallest absolute Gasteiger partial charge is 0.0534 e. The molecule has 1 aliphatic carbocycles. The van der Waals surface area contributed by atoms with Crippen LogP contribution < -0.4 is 5.32 Å². The lowest BCUT2D eigenvalue weighted by molar-refractivity contribution is 0.195. The highest BCUT2D eigenvalue weighted by Gasteiger charge is 2.28. The van der Waals surface area contributed by atoms with Gasteiger partial charge in [0.1, 0.15) is 0 Å². The van der Waals surface area contributed by atoms with Crippen LogP contribution in [0.25, 0.3) is 0 Å². The summed E-state index contributed by atoms with van der Waals surface area (Å²) in [6.45, 7) is 6.94. The van der Waals surface area contributed by atoms with Gasteiger partial charge in [-0.2, -0.15) is 5.10 Å². The molecule has 3 heteroatoms. The predicted molar refractivity (Wildman–Crippen MR) is 70.7 cm³/mol. The average molecular weight is 235 g/mol. The van der Waals surface area contributed by atoms with E-state index in [0.717, 1.165) is 11.8 Å². The quantitative estimate of drug-likeness (QED) is 0.841. The molecule has 3 atom stereocenters. The van der Waals surface area contributed by atoms with Crippen molar-refractivity contribution in [2.75, 3.05) is 0 Å². The molecule has 1 fully saturated rings. The Morgan fingerprint density at radius 3 is 2.71 bits per heavy atom. The van der Waals surface area contributed by atoms with E-state index >= 15 is 0 Å². The van der Waals surface area contributed by atoms with Gasteiger partial charge in [-0.15, -0.1) is 0 Å². The second-order valence-corrected chi connectivity index (χ2v) is 5.72. The van der Waals surface area contributed by atoms with Crippen molar-refractivity contribution in [1.82, 2.24) is 15.5 Å². The van der Waals surface area contributed by atoms with Crippen LogP contribution in [0.1, 0.15) is 58.1 Å². The molecule has 1 aromatic heterocycles. The fraction of sp³-hybridized carbons (Fsp3) is 0.786. The van der Waals surface area contributed by atoms with Crippen LogP contribution in [0.15, 0.2) is 12.4 Å². The van der Waals surface area contributed by atoms with Crippen LogP contribution in [0.2, 0.25) is 0 Å². The zero-order valence-corrected chi connectivity index (χ0v) is 11.2. The van der Waals surface area contributed by atoms with Crippen LogP contribution >= 0.6 is 0 Å². The minimum Gasteiger partial charge on any atom is -0.307 e. The first-order valence-corrected chi connectivity index (χ1v) is 6.93. The van der Waals surface area contributed by atoms with Gasteiger partial charge in [-0.25, -0.2) is 0 Å². The maximum Gasteiger partial charge on any atom is 0.0534 e. The SMILES string of the molecule is CC(NC1CCCCC1C(C)C)c1cn[nH]c1. The largest absolute Gasteiger partial charge is 0.307 e. The summed E-state index contributed by atoms with van der Waals surface area (Å²) in [6, 6.07) is 1.08. The summed E-state index contributed by atoms with van der Waals surface area (Å²) >= 11 is 0. The standard InChI is InChI=1S/C14H25N3/c1-10(2)13-6-4-5-7-14(13)17-11(3)12-8-15-16-9-12/h8-11,13-14,17H,4-7H2,1-3H3,(H,15,16). The van der Waals surface area contributed by atoms with E-state index in [2.05, 4.69) is 36.3 Å². The van der Waals surface area contributed by atoms with Gasteiger partial charge in [0.25, 0.3) is 0 Å². The Bertz CT molecular complexity index is 318. The zero-order chi connectivity index (χ0) is 12.3. The number of nitrogens with one attached hydrogen (secondary N) is 2. The van der Waals surface area contributed by atoms with Crippen molar-refractivity contribution in [2.45, 2.75) is 58.5 Å². The molecule has 0 saturated heterocycles. The fourth-order valence-corrected chi connectivity index (χ4v) is 3.08. The second-order valence-electron chi connectivity index (χ2n) is 5.72. The summed E-state index contributed by atoms with van der Waals surface area (Å²) in [5.74, 6) is 1.61. The molecule has 0 aliphatic heterocycles. The summed E-state index contributed by atoms with van der Waals surface area (Å²) in [4.78, 5) is 0. The van der Waals surface area contributed by atoms with E-state index in [1.807, 2.05) is 12.4 Å². The number of H-pyrrole nitrogens is 1. The number of rotatable bonds is 4. The van der Waals surface area contributed by atoms with E-state index in [1.165, 1.54) is 31.2 Å². The van der Waals surface area contributed by atoms with Gasteiger partial charge in [0, 0.05) is 23.8 Å². The molecule has 0 radical (unpaired) electrons.